The van der Waals surface area contributed by atoms with Crippen LogP contribution in [0, 0.1) is 18.3 Å². The van der Waals surface area contributed by atoms with Crippen LogP contribution in [-0.2, 0) is 17.6 Å². The van der Waals surface area contributed by atoms with E-state index in [1.807, 2.05) is 66.1 Å². The number of carbonyl (C=O) groups excluding carboxylic acids is 1. The molecule has 0 bridgehead atoms. The first-order valence-corrected chi connectivity index (χ1v) is 13.0. The minimum absolute atomic E-state index is 0.153. The van der Waals surface area contributed by atoms with Crippen molar-refractivity contribution in [3.05, 3.63) is 76.2 Å². The zero-order valence-corrected chi connectivity index (χ0v) is 20.4. The van der Waals surface area contributed by atoms with Crippen molar-refractivity contribution < 1.29 is 4.79 Å². The van der Waals surface area contributed by atoms with Gasteiger partial charge in [0.2, 0.25) is 5.91 Å². The Balaban J connectivity index is 1.39. The van der Waals surface area contributed by atoms with Crippen LogP contribution in [0.5, 0.6) is 0 Å². The average Bonchev–Trinajstić information content (AvgIpc) is 3.44. The number of aromatic nitrogens is 3. The number of hydrogen-bond donors (Lipinski definition) is 1. The summed E-state index contributed by atoms with van der Waals surface area (Å²) in [7, 11) is 0. The van der Waals surface area contributed by atoms with E-state index in [1.165, 1.54) is 16.6 Å². The van der Waals surface area contributed by atoms with Gasteiger partial charge < -0.3 is 5.32 Å². The predicted octanol–water partition coefficient (Wildman–Crippen LogP) is 5.79. The highest BCUT2D eigenvalue weighted by molar-refractivity contribution is 7.99. The molecule has 8 heteroatoms. The van der Waals surface area contributed by atoms with Crippen molar-refractivity contribution >= 4 is 34.0 Å². The van der Waals surface area contributed by atoms with E-state index in [9.17, 15) is 10.1 Å². The summed E-state index contributed by atoms with van der Waals surface area (Å²) in [5.41, 5.74) is 4.79. The Morgan fingerprint density at radius 3 is 2.68 bits per heavy atom. The van der Waals surface area contributed by atoms with Crippen molar-refractivity contribution in [1.82, 2.24) is 14.8 Å². The second-order valence-corrected chi connectivity index (χ2v) is 10.2. The summed E-state index contributed by atoms with van der Waals surface area (Å²) in [4.78, 5) is 14.1. The minimum atomic E-state index is -0.153. The largest absolute Gasteiger partial charge is 0.316 e. The molecule has 34 heavy (non-hydrogen) atoms. The van der Waals surface area contributed by atoms with Crippen molar-refractivity contribution in [2.45, 2.75) is 37.8 Å². The highest BCUT2D eigenvalue weighted by atomic mass is 32.2. The SMILES string of the molecule is Cc1ccccc1-c1nnc(SCC(=O)Nc2sc3c(c2C#N)CCCC3)n1-c1ccccc1. The standard InChI is InChI=1S/C26H23N5OS2/c1-17-9-5-6-12-19(17)24-29-30-26(31(24)18-10-3-2-4-11-18)33-16-23(32)28-25-21(15-27)20-13-7-8-14-22(20)34-25/h2-6,9-12H,7-8,13-14,16H2,1H3,(H,28,32). The number of nitriles is 1. The lowest BCUT2D eigenvalue weighted by molar-refractivity contribution is -0.113. The number of fused-ring (bicyclic) bond motifs is 1. The van der Waals surface area contributed by atoms with E-state index < -0.39 is 0 Å². The number of aryl methyl sites for hydroxylation is 2. The normalized spacial score (nSPS) is 12.7. The molecule has 0 saturated heterocycles. The Kier molecular flexibility index (Phi) is 6.48. The molecule has 0 spiro atoms. The topological polar surface area (TPSA) is 83.6 Å². The van der Waals surface area contributed by atoms with E-state index in [0.29, 0.717) is 15.7 Å². The second kappa shape index (κ2) is 9.84. The first-order chi connectivity index (χ1) is 16.7. The number of carbonyl (C=O) groups is 1. The van der Waals surface area contributed by atoms with Crippen LogP contribution in [0.4, 0.5) is 5.00 Å². The fourth-order valence-electron chi connectivity index (χ4n) is 4.24. The maximum absolute atomic E-state index is 12.9. The molecular formula is C26H23N5OS2. The van der Waals surface area contributed by atoms with Crippen molar-refractivity contribution in [2.75, 3.05) is 11.1 Å². The molecule has 0 fully saturated rings. The molecule has 1 aliphatic rings. The number of para-hydroxylation sites is 1. The molecule has 0 atom stereocenters. The molecule has 2 heterocycles. The first kappa shape index (κ1) is 22.4. The van der Waals surface area contributed by atoms with Crippen LogP contribution in [-0.4, -0.2) is 26.4 Å². The lowest BCUT2D eigenvalue weighted by Gasteiger charge is -2.11. The number of amides is 1. The van der Waals surface area contributed by atoms with E-state index in [2.05, 4.69) is 21.6 Å². The molecule has 2 aromatic carbocycles. The van der Waals surface area contributed by atoms with Gasteiger partial charge >= 0.3 is 0 Å². The quantitative estimate of drug-likeness (QED) is 0.350. The Hall–Kier alpha value is -3.41. The number of nitrogens with one attached hydrogen (secondary N) is 1. The van der Waals surface area contributed by atoms with Crippen LogP contribution in [0.15, 0.2) is 59.8 Å². The molecule has 0 aliphatic heterocycles. The summed E-state index contributed by atoms with van der Waals surface area (Å²) >= 11 is 2.88. The van der Waals surface area contributed by atoms with Crippen molar-refractivity contribution in [2.24, 2.45) is 0 Å². The van der Waals surface area contributed by atoms with Gasteiger partial charge in [0.1, 0.15) is 11.1 Å². The molecule has 1 amide bonds. The summed E-state index contributed by atoms with van der Waals surface area (Å²) in [5, 5.41) is 22.8. The molecule has 1 aliphatic carbocycles. The molecule has 1 N–H and O–H groups in total. The van der Waals surface area contributed by atoms with Crippen LogP contribution < -0.4 is 5.32 Å². The Morgan fingerprint density at radius 1 is 1.12 bits per heavy atom. The van der Waals surface area contributed by atoms with Gasteiger partial charge in [0, 0.05) is 16.1 Å². The Bertz CT molecular complexity index is 1380. The van der Waals surface area contributed by atoms with E-state index in [1.54, 1.807) is 11.3 Å². The van der Waals surface area contributed by atoms with Crippen LogP contribution in [0.2, 0.25) is 0 Å². The fraction of sp³-hybridized carbons (Fsp3) is 0.231. The van der Waals surface area contributed by atoms with E-state index in [4.69, 9.17) is 0 Å². The van der Waals surface area contributed by atoms with Crippen LogP contribution >= 0.6 is 23.1 Å². The molecule has 0 radical (unpaired) electrons. The van der Waals surface area contributed by atoms with Gasteiger partial charge in [0.25, 0.3) is 0 Å². The van der Waals surface area contributed by atoms with Gasteiger partial charge in [-0.2, -0.15) is 5.26 Å². The monoisotopic (exact) mass is 485 g/mol. The third-order valence-electron chi connectivity index (χ3n) is 5.90. The molecule has 4 aromatic rings. The second-order valence-electron chi connectivity index (χ2n) is 8.16. The minimum Gasteiger partial charge on any atom is -0.316 e. The zero-order chi connectivity index (χ0) is 23.5. The third kappa shape index (κ3) is 4.37. The molecule has 0 unspecified atom stereocenters. The summed E-state index contributed by atoms with van der Waals surface area (Å²) < 4.78 is 1.99. The highest BCUT2D eigenvalue weighted by Gasteiger charge is 2.23. The predicted molar refractivity (Wildman–Crippen MR) is 137 cm³/mol. The van der Waals surface area contributed by atoms with Crippen molar-refractivity contribution in [1.29, 1.82) is 5.26 Å². The van der Waals surface area contributed by atoms with Crippen molar-refractivity contribution in [3.8, 4) is 23.1 Å². The lowest BCUT2D eigenvalue weighted by Crippen LogP contribution is -2.14. The maximum atomic E-state index is 12.9. The number of thioether (sulfide) groups is 1. The molecule has 5 rings (SSSR count). The zero-order valence-electron chi connectivity index (χ0n) is 18.7. The summed E-state index contributed by atoms with van der Waals surface area (Å²) in [6.07, 6.45) is 4.14. The third-order valence-corrected chi connectivity index (χ3v) is 8.04. The lowest BCUT2D eigenvalue weighted by atomic mass is 9.96. The summed E-state index contributed by atoms with van der Waals surface area (Å²) in [6, 6.07) is 20.3. The Morgan fingerprint density at radius 2 is 1.88 bits per heavy atom. The number of nitrogens with zero attached hydrogens (tertiary/aromatic N) is 4. The summed E-state index contributed by atoms with van der Waals surface area (Å²) in [6.45, 7) is 2.05. The van der Waals surface area contributed by atoms with Gasteiger partial charge in [-0.05, 0) is 55.9 Å². The van der Waals surface area contributed by atoms with E-state index >= 15 is 0 Å². The molecule has 6 nitrogen and oxygen atoms in total. The molecular weight excluding hydrogens is 462 g/mol. The van der Waals surface area contributed by atoms with Gasteiger partial charge in [-0.3, -0.25) is 9.36 Å². The van der Waals surface area contributed by atoms with Gasteiger partial charge in [-0.15, -0.1) is 21.5 Å². The Labute approximate surface area is 206 Å². The molecule has 0 saturated carbocycles. The number of rotatable bonds is 6. The van der Waals surface area contributed by atoms with Gasteiger partial charge in [0.05, 0.1) is 11.3 Å². The fourth-order valence-corrected chi connectivity index (χ4v) is 6.24. The van der Waals surface area contributed by atoms with Crippen LogP contribution in [0.3, 0.4) is 0 Å². The summed E-state index contributed by atoms with van der Waals surface area (Å²) in [5.74, 6) is 0.761. The van der Waals surface area contributed by atoms with Crippen molar-refractivity contribution in [3.63, 3.8) is 0 Å². The number of hydrogen-bond acceptors (Lipinski definition) is 6. The maximum Gasteiger partial charge on any atom is 0.235 e. The van der Waals surface area contributed by atoms with Gasteiger partial charge in [-0.25, -0.2) is 0 Å². The average molecular weight is 486 g/mol. The van der Waals surface area contributed by atoms with Gasteiger partial charge in [-0.1, -0.05) is 54.2 Å². The number of anilines is 1. The molecule has 170 valence electrons. The molecule has 2 aromatic heterocycles. The smallest absolute Gasteiger partial charge is 0.235 e. The number of benzene rings is 2. The highest BCUT2D eigenvalue weighted by Crippen LogP contribution is 2.38. The number of thiophene rings is 1. The van der Waals surface area contributed by atoms with E-state index in [0.717, 1.165) is 53.9 Å². The van der Waals surface area contributed by atoms with E-state index in [-0.39, 0.29) is 11.7 Å². The van der Waals surface area contributed by atoms with Gasteiger partial charge in [0.15, 0.2) is 11.0 Å². The van der Waals surface area contributed by atoms with Crippen LogP contribution in [0.1, 0.15) is 34.4 Å². The first-order valence-electron chi connectivity index (χ1n) is 11.2. The van der Waals surface area contributed by atoms with Crippen LogP contribution in [0.25, 0.3) is 17.1 Å².